The van der Waals surface area contributed by atoms with Gasteiger partial charge in [-0.05, 0) is 31.7 Å². The topological polar surface area (TPSA) is 59.2 Å². The van der Waals surface area contributed by atoms with Gasteiger partial charge in [0.05, 0.1) is 16.6 Å². The second-order valence-corrected chi connectivity index (χ2v) is 6.69. The monoisotopic (exact) mass is 369 g/mol. The average Bonchev–Trinajstić information content (AvgIpc) is 3.04. The molecule has 0 bridgehead atoms. The molecule has 3 heterocycles. The van der Waals surface area contributed by atoms with Gasteiger partial charge in [-0.3, -0.25) is 4.79 Å². The van der Waals surface area contributed by atoms with Gasteiger partial charge in [0, 0.05) is 31.1 Å². The van der Waals surface area contributed by atoms with Crippen LogP contribution >= 0.6 is 0 Å². The molecule has 3 rings (SSSR count). The van der Waals surface area contributed by atoms with E-state index in [2.05, 4.69) is 10.1 Å². The van der Waals surface area contributed by atoms with Crippen molar-refractivity contribution in [3.8, 4) is 0 Å². The van der Waals surface area contributed by atoms with Crippen LogP contribution in [0, 0.1) is 0 Å². The minimum atomic E-state index is -4.52. The van der Waals surface area contributed by atoms with E-state index in [4.69, 9.17) is 4.52 Å². The molecule has 2 aromatic heterocycles. The predicted octanol–water partition coefficient (Wildman–Crippen LogP) is 4.31. The van der Waals surface area contributed by atoms with Crippen molar-refractivity contribution >= 4 is 17.0 Å². The highest BCUT2D eigenvalue weighted by molar-refractivity contribution is 5.82. The fraction of sp³-hybridized carbons (Fsp3) is 0.611. The van der Waals surface area contributed by atoms with Crippen molar-refractivity contribution in [3.05, 3.63) is 23.0 Å². The quantitative estimate of drug-likeness (QED) is 0.806. The first-order chi connectivity index (χ1) is 12.3. The van der Waals surface area contributed by atoms with Crippen molar-refractivity contribution < 1.29 is 22.5 Å². The van der Waals surface area contributed by atoms with Crippen LogP contribution in [-0.4, -0.2) is 34.0 Å². The molecule has 1 saturated heterocycles. The first-order valence-corrected chi connectivity index (χ1v) is 8.99. The predicted molar refractivity (Wildman–Crippen MR) is 89.6 cm³/mol. The number of nitrogens with zero attached hydrogens (tertiary/aromatic N) is 3. The van der Waals surface area contributed by atoms with E-state index in [1.807, 2.05) is 6.92 Å². The lowest BCUT2D eigenvalue weighted by molar-refractivity contribution is -0.136. The Hall–Kier alpha value is -2.12. The lowest BCUT2D eigenvalue weighted by Gasteiger charge is -2.32. The summed E-state index contributed by atoms with van der Waals surface area (Å²) < 4.78 is 46.0. The van der Waals surface area contributed by atoms with E-state index in [9.17, 15) is 18.0 Å². The molecule has 1 unspecified atom stereocenters. The minimum absolute atomic E-state index is 0.0347. The fourth-order valence-corrected chi connectivity index (χ4v) is 3.51. The first-order valence-electron chi connectivity index (χ1n) is 8.99. The molecule has 0 aliphatic carbocycles. The molecule has 1 aliphatic heterocycles. The van der Waals surface area contributed by atoms with Crippen LogP contribution in [0.3, 0.4) is 0 Å². The largest absolute Gasteiger partial charge is 0.417 e. The summed E-state index contributed by atoms with van der Waals surface area (Å²) in [5, 5.41) is 3.87. The van der Waals surface area contributed by atoms with Crippen LogP contribution in [-0.2, 0) is 17.4 Å². The zero-order valence-electron chi connectivity index (χ0n) is 14.9. The molecule has 142 valence electrons. The maximum Gasteiger partial charge on any atom is 0.417 e. The first kappa shape index (κ1) is 18.7. The number of aromatic nitrogens is 2. The van der Waals surface area contributed by atoms with Gasteiger partial charge < -0.3 is 9.42 Å². The van der Waals surface area contributed by atoms with Gasteiger partial charge in [-0.1, -0.05) is 19.0 Å². The molecular weight excluding hydrogens is 347 g/mol. The summed E-state index contributed by atoms with van der Waals surface area (Å²) in [6.45, 7) is 4.67. The van der Waals surface area contributed by atoms with Gasteiger partial charge in [-0.2, -0.15) is 13.2 Å². The van der Waals surface area contributed by atoms with E-state index < -0.39 is 11.7 Å². The van der Waals surface area contributed by atoms with E-state index in [-0.39, 0.29) is 28.6 Å². The number of hydrogen-bond donors (Lipinski definition) is 0. The number of piperidine rings is 1. The SMILES string of the molecule is CCCC(=O)N1CCCC(c2noc3nc(CC)cc(C(F)(F)F)c23)C1. The second-order valence-electron chi connectivity index (χ2n) is 6.69. The molecule has 8 heteroatoms. The van der Waals surface area contributed by atoms with Gasteiger partial charge in [-0.25, -0.2) is 4.98 Å². The van der Waals surface area contributed by atoms with Crippen molar-refractivity contribution in [2.24, 2.45) is 0 Å². The molecule has 0 radical (unpaired) electrons. The normalized spacial score (nSPS) is 18.5. The lowest BCUT2D eigenvalue weighted by Crippen LogP contribution is -2.39. The molecule has 1 aliphatic rings. The Morgan fingerprint density at radius 3 is 2.81 bits per heavy atom. The van der Waals surface area contributed by atoms with E-state index in [0.717, 1.165) is 18.9 Å². The number of pyridine rings is 1. The Kier molecular flexibility index (Phi) is 5.20. The highest BCUT2D eigenvalue weighted by Gasteiger charge is 2.38. The smallest absolute Gasteiger partial charge is 0.342 e. The Morgan fingerprint density at radius 1 is 1.38 bits per heavy atom. The second kappa shape index (κ2) is 7.25. The summed E-state index contributed by atoms with van der Waals surface area (Å²) in [5.74, 6) is -0.242. The van der Waals surface area contributed by atoms with Gasteiger partial charge in [0.25, 0.3) is 5.71 Å². The molecule has 2 aromatic rings. The van der Waals surface area contributed by atoms with Crippen LogP contribution in [0.5, 0.6) is 0 Å². The summed E-state index contributed by atoms with van der Waals surface area (Å²) in [4.78, 5) is 18.1. The number of aryl methyl sites for hydroxylation is 1. The summed E-state index contributed by atoms with van der Waals surface area (Å²) in [5.41, 5.74) is -0.260. The molecule has 1 fully saturated rings. The fourth-order valence-electron chi connectivity index (χ4n) is 3.51. The van der Waals surface area contributed by atoms with Gasteiger partial charge >= 0.3 is 6.18 Å². The third-order valence-corrected chi connectivity index (χ3v) is 4.82. The summed E-state index contributed by atoms with van der Waals surface area (Å²) in [6.07, 6.45) is -1.55. The standard InChI is InChI=1S/C18H22F3N3O2/c1-3-6-14(25)24-8-5-7-11(10-24)16-15-13(18(19,20)21)9-12(4-2)22-17(15)26-23-16/h9,11H,3-8,10H2,1-2H3. The molecule has 0 aromatic carbocycles. The highest BCUT2D eigenvalue weighted by atomic mass is 19.4. The minimum Gasteiger partial charge on any atom is -0.342 e. The lowest BCUT2D eigenvalue weighted by atomic mass is 9.91. The van der Waals surface area contributed by atoms with Gasteiger partial charge in [0.2, 0.25) is 5.91 Å². The van der Waals surface area contributed by atoms with Crippen molar-refractivity contribution in [2.45, 2.75) is 58.0 Å². The number of halogens is 3. The number of fused-ring (bicyclic) bond motifs is 1. The number of likely N-dealkylation sites (tertiary alicyclic amines) is 1. The maximum absolute atomic E-state index is 13.6. The van der Waals surface area contributed by atoms with Crippen LogP contribution in [0.1, 0.15) is 62.4 Å². The molecule has 1 amide bonds. The van der Waals surface area contributed by atoms with E-state index in [1.54, 1.807) is 11.8 Å². The number of carbonyl (C=O) groups excluding carboxylic acids is 1. The highest BCUT2D eigenvalue weighted by Crippen LogP contribution is 2.40. The molecule has 5 nitrogen and oxygen atoms in total. The molecule has 26 heavy (non-hydrogen) atoms. The van der Waals surface area contributed by atoms with Crippen LogP contribution in [0.15, 0.2) is 10.6 Å². The third-order valence-electron chi connectivity index (χ3n) is 4.82. The average molecular weight is 369 g/mol. The van der Waals surface area contributed by atoms with Crippen molar-refractivity contribution in [3.63, 3.8) is 0 Å². The van der Waals surface area contributed by atoms with Crippen LogP contribution < -0.4 is 0 Å². The Bertz CT molecular complexity index is 801. The molecular formula is C18H22F3N3O2. The van der Waals surface area contributed by atoms with Gasteiger partial charge in [0.1, 0.15) is 0 Å². The summed E-state index contributed by atoms with van der Waals surface area (Å²) in [6, 6.07) is 1.08. The van der Waals surface area contributed by atoms with E-state index in [1.165, 1.54) is 0 Å². The Morgan fingerprint density at radius 2 is 2.15 bits per heavy atom. The van der Waals surface area contributed by atoms with Crippen LogP contribution in [0.2, 0.25) is 0 Å². The van der Waals surface area contributed by atoms with E-state index >= 15 is 0 Å². The molecule has 1 atom stereocenters. The maximum atomic E-state index is 13.6. The summed E-state index contributed by atoms with van der Waals surface area (Å²) >= 11 is 0. The Labute approximate surface area is 149 Å². The number of amides is 1. The van der Waals surface area contributed by atoms with Crippen molar-refractivity contribution in [1.82, 2.24) is 15.0 Å². The van der Waals surface area contributed by atoms with E-state index in [0.29, 0.717) is 38.0 Å². The van der Waals surface area contributed by atoms with Crippen LogP contribution in [0.4, 0.5) is 13.2 Å². The molecule has 0 N–H and O–H groups in total. The third kappa shape index (κ3) is 3.54. The van der Waals surface area contributed by atoms with Crippen molar-refractivity contribution in [1.29, 1.82) is 0 Å². The number of hydrogen-bond acceptors (Lipinski definition) is 4. The Balaban J connectivity index is 2.01. The number of alkyl halides is 3. The van der Waals surface area contributed by atoms with Gasteiger partial charge in [-0.15, -0.1) is 0 Å². The summed E-state index contributed by atoms with van der Waals surface area (Å²) in [7, 11) is 0. The zero-order chi connectivity index (χ0) is 18.9. The number of rotatable bonds is 4. The molecule has 0 saturated carbocycles. The van der Waals surface area contributed by atoms with Crippen molar-refractivity contribution in [2.75, 3.05) is 13.1 Å². The van der Waals surface area contributed by atoms with Crippen LogP contribution in [0.25, 0.3) is 11.1 Å². The number of carbonyl (C=O) groups is 1. The van der Waals surface area contributed by atoms with Gasteiger partial charge in [0.15, 0.2) is 0 Å². The molecule has 0 spiro atoms. The zero-order valence-corrected chi connectivity index (χ0v) is 14.9.